The van der Waals surface area contributed by atoms with Crippen LogP contribution in [0.25, 0.3) is 0 Å². The van der Waals surface area contributed by atoms with Crippen LogP contribution in [0.15, 0.2) is 12.1 Å². The first-order chi connectivity index (χ1) is 8.59. The number of hydrogen-bond acceptors (Lipinski definition) is 4. The number of halogens is 2. The molecule has 6 heteroatoms. The van der Waals surface area contributed by atoms with E-state index in [9.17, 15) is 13.6 Å². The predicted octanol–water partition coefficient (Wildman–Crippen LogP) is 1.88. The Morgan fingerprint density at radius 1 is 1.50 bits per heavy atom. The van der Waals surface area contributed by atoms with E-state index in [1.807, 2.05) is 0 Å². The second kappa shape index (κ2) is 5.30. The van der Waals surface area contributed by atoms with Crippen LogP contribution in [0.1, 0.15) is 23.2 Å². The highest BCUT2D eigenvalue weighted by atomic mass is 19.1. The number of ether oxygens (including phenoxy) is 2. The summed E-state index contributed by atoms with van der Waals surface area (Å²) in [5.41, 5.74) is 4.22. The van der Waals surface area contributed by atoms with E-state index in [-0.39, 0.29) is 18.4 Å². The van der Waals surface area contributed by atoms with Crippen molar-refractivity contribution < 1.29 is 23.0 Å². The zero-order chi connectivity index (χ0) is 13.1. The number of carbonyl (C=O) groups is 1. The van der Waals surface area contributed by atoms with Crippen LogP contribution in [-0.4, -0.2) is 25.3 Å². The van der Waals surface area contributed by atoms with Gasteiger partial charge in [0.1, 0.15) is 18.0 Å². The van der Waals surface area contributed by atoms with Crippen molar-refractivity contribution in [1.29, 1.82) is 0 Å². The lowest BCUT2D eigenvalue weighted by atomic mass is 10.1. The average Bonchev–Trinajstić information content (AvgIpc) is 2.85. The van der Waals surface area contributed by atoms with Crippen molar-refractivity contribution in [3.63, 3.8) is 0 Å². The van der Waals surface area contributed by atoms with Gasteiger partial charge in [-0.05, 0) is 25.0 Å². The minimum atomic E-state index is -1.09. The molecule has 1 aromatic rings. The Labute approximate surface area is 103 Å². The molecule has 1 fully saturated rings. The van der Waals surface area contributed by atoms with E-state index in [0.29, 0.717) is 6.61 Å². The number of benzene rings is 1. The van der Waals surface area contributed by atoms with Crippen LogP contribution in [-0.2, 0) is 9.47 Å². The fourth-order valence-corrected chi connectivity index (χ4v) is 1.77. The lowest BCUT2D eigenvalue weighted by Crippen LogP contribution is -2.19. The maximum atomic E-state index is 13.5. The quantitative estimate of drug-likeness (QED) is 0.663. The van der Waals surface area contributed by atoms with Gasteiger partial charge in [0.15, 0.2) is 5.82 Å². The SMILES string of the molecule is Nc1ccc(F)c(C(=O)OCC2CCCO2)c1F. The maximum absolute atomic E-state index is 13.5. The van der Waals surface area contributed by atoms with Gasteiger partial charge < -0.3 is 15.2 Å². The van der Waals surface area contributed by atoms with Gasteiger partial charge in [0.25, 0.3) is 0 Å². The van der Waals surface area contributed by atoms with Crippen molar-refractivity contribution in [2.45, 2.75) is 18.9 Å². The van der Waals surface area contributed by atoms with E-state index < -0.39 is 23.2 Å². The fourth-order valence-electron chi connectivity index (χ4n) is 1.77. The number of anilines is 1. The zero-order valence-electron chi connectivity index (χ0n) is 9.62. The third kappa shape index (κ3) is 2.59. The normalized spacial score (nSPS) is 18.9. The number of esters is 1. The Kier molecular flexibility index (Phi) is 3.76. The standard InChI is InChI=1S/C12H13F2NO3/c13-8-3-4-9(15)11(14)10(8)12(16)18-6-7-2-1-5-17-7/h3-4,7H,1-2,5-6,15H2. The molecule has 1 aliphatic heterocycles. The van der Waals surface area contributed by atoms with Crippen LogP contribution in [0.4, 0.5) is 14.5 Å². The van der Waals surface area contributed by atoms with E-state index in [1.165, 1.54) is 0 Å². The number of nitrogen functional groups attached to an aromatic ring is 1. The number of nitrogens with two attached hydrogens (primary N) is 1. The van der Waals surface area contributed by atoms with Gasteiger partial charge in [0, 0.05) is 6.61 Å². The van der Waals surface area contributed by atoms with Gasteiger partial charge in [-0.2, -0.15) is 0 Å². The van der Waals surface area contributed by atoms with E-state index in [4.69, 9.17) is 15.2 Å². The van der Waals surface area contributed by atoms with Crippen LogP contribution in [0, 0.1) is 11.6 Å². The van der Waals surface area contributed by atoms with Crippen molar-refractivity contribution in [2.24, 2.45) is 0 Å². The van der Waals surface area contributed by atoms with Gasteiger partial charge in [0.2, 0.25) is 0 Å². The molecule has 1 atom stereocenters. The number of hydrogen-bond donors (Lipinski definition) is 1. The van der Waals surface area contributed by atoms with E-state index in [0.717, 1.165) is 25.0 Å². The van der Waals surface area contributed by atoms with Crippen molar-refractivity contribution >= 4 is 11.7 Å². The van der Waals surface area contributed by atoms with Crippen molar-refractivity contribution in [3.05, 3.63) is 29.3 Å². The molecule has 0 aliphatic carbocycles. The summed E-state index contributed by atoms with van der Waals surface area (Å²) in [6.45, 7) is 0.607. The van der Waals surface area contributed by atoms with Gasteiger partial charge in [0.05, 0.1) is 11.8 Å². The molecule has 1 saturated heterocycles. The Morgan fingerprint density at radius 2 is 2.28 bits per heavy atom. The van der Waals surface area contributed by atoms with E-state index >= 15 is 0 Å². The topological polar surface area (TPSA) is 61.6 Å². The molecule has 0 spiro atoms. The summed E-state index contributed by atoms with van der Waals surface area (Å²) < 4.78 is 36.9. The Balaban J connectivity index is 2.06. The third-order valence-electron chi connectivity index (χ3n) is 2.75. The highest BCUT2D eigenvalue weighted by Gasteiger charge is 2.23. The molecule has 1 heterocycles. The van der Waals surface area contributed by atoms with Gasteiger partial charge in [-0.15, -0.1) is 0 Å². The minimum absolute atomic E-state index is 0.00743. The summed E-state index contributed by atoms with van der Waals surface area (Å²) in [6.07, 6.45) is 1.47. The maximum Gasteiger partial charge on any atom is 0.344 e. The first-order valence-corrected chi connectivity index (χ1v) is 5.62. The first kappa shape index (κ1) is 12.8. The molecule has 4 nitrogen and oxygen atoms in total. The largest absolute Gasteiger partial charge is 0.459 e. The molecule has 1 aliphatic rings. The molecule has 2 N–H and O–H groups in total. The highest BCUT2D eigenvalue weighted by molar-refractivity contribution is 5.91. The monoisotopic (exact) mass is 257 g/mol. The van der Waals surface area contributed by atoms with Crippen LogP contribution >= 0.6 is 0 Å². The third-order valence-corrected chi connectivity index (χ3v) is 2.75. The second-order valence-electron chi connectivity index (χ2n) is 4.06. The molecule has 0 amide bonds. The van der Waals surface area contributed by atoms with E-state index in [1.54, 1.807) is 0 Å². The summed E-state index contributed by atoms with van der Waals surface area (Å²) in [5, 5.41) is 0. The molecule has 1 unspecified atom stereocenters. The lowest BCUT2D eigenvalue weighted by molar-refractivity contribution is 0.0153. The molecule has 0 bridgehead atoms. The van der Waals surface area contributed by atoms with Crippen molar-refractivity contribution in [2.75, 3.05) is 18.9 Å². The fraction of sp³-hybridized carbons (Fsp3) is 0.417. The lowest BCUT2D eigenvalue weighted by Gasteiger charge is -2.11. The smallest absolute Gasteiger partial charge is 0.344 e. The molecule has 0 saturated carbocycles. The number of carbonyl (C=O) groups excluding carboxylic acids is 1. The van der Waals surface area contributed by atoms with Gasteiger partial charge in [-0.1, -0.05) is 0 Å². The second-order valence-corrected chi connectivity index (χ2v) is 4.06. The molecular weight excluding hydrogens is 244 g/mol. The zero-order valence-corrected chi connectivity index (χ0v) is 9.62. The van der Waals surface area contributed by atoms with Crippen LogP contribution in [0.3, 0.4) is 0 Å². The van der Waals surface area contributed by atoms with Gasteiger partial charge >= 0.3 is 5.97 Å². The van der Waals surface area contributed by atoms with Gasteiger partial charge in [-0.3, -0.25) is 0 Å². The van der Waals surface area contributed by atoms with Gasteiger partial charge in [-0.25, -0.2) is 13.6 Å². The molecular formula is C12H13F2NO3. The minimum Gasteiger partial charge on any atom is -0.459 e. The molecule has 18 heavy (non-hydrogen) atoms. The van der Waals surface area contributed by atoms with Crippen molar-refractivity contribution in [3.8, 4) is 0 Å². The summed E-state index contributed by atoms with van der Waals surface area (Å²) >= 11 is 0. The highest BCUT2D eigenvalue weighted by Crippen LogP contribution is 2.20. The molecule has 1 aromatic carbocycles. The number of rotatable bonds is 3. The summed E-state index contributed by atoms with van der Waals surface area (Å²) in [5.74, 6) is -3.14. The Morgan fingerprint density at radius 3 is 2.94 bits per heavy atom. The Bertz CT molecular complexity index is 459. The first-order valence-electron chi connectivity index (χ1n) is 5.62. The van der Waals surface area contributed by atoms with Crippen LogP contribution in [0.5, 0.6) is 0 Å². The van der Waals surface area contributed by atoms with E-state index in [2.05, 4.69) is 0 Å². The van der Waals surface area contributed by atoms with Crippen molar-refractivity contribution in [1.82, 2.24) is 0 Å². The average molecular weight is 257 g/mol. The molecule has 0 radical (unpaired) electrons. The molecule has 98 valence electrons. The molecule has 2 rings (SSSR count). The summed E-state index contributed by atoms with van der Waals surface area (Å²) in [6, 6.07) is 1.99. The summed E-state index contributed by atoms with van der Waals surface area (Å²) in [7, 11) is 0. The van der Waals surface area contributed by atoms with Crippen LogP contribution in [0.2, 0.25) is 0 Å². The summed E-state index contributed by atoms with van der Waals surface area (Å²) in [4.78, 5) is 11.6. The molecule has 0 aromatic heterocycles. The van der Waals surface area contributed by atoms with Crippen LogP contribution < -0.4 is 5.73 Å². The predicted molar refractivity (Wildman–Crippen MR) is 60.0 cm³/mol. The Hall–Kier alpha value is -1.69.